The third kappa shape index (κ3) is 13.8. The highest BCUT2D eigenvalue weighted by molar-refractivity contribution is 6.61. The zero-order chi connectivity index (χ0) is 31.5. The van der Waals surface area contributed by atoms with E-state index < -0.39 is 35.2 Å². The van der Waals surface area contributed by atoms with Crippen LogP contribution in [0.4, 0.5) is 0 Å². The average molecular weight is 794 g/mol. The molecule has 0 aromatic carbocycles. The minimum absolute atomic E-state index is 0. The molecule has 0 saturated heterocycles. The quantitative estimate of drug-likeness (QED) is 0.0599. The van der Waals surface area contributed by atoms with Crippen LogP contribution in [0.3, 0.4) is 0 Å². The lowest BCUT2D eigenvalue weighted by molar-refractivity contribution is -0.928. The van der Waals surface area contributed by atoms with Gasteiger partial charge in [-0.25, -0.2) is 0 Å². The van der Waals surface area contributed by atoms with Crippen molar-refractivity contribution in [2.75, 3.05) is 111 Å². The van der Waals surface area contributed by atoms with Crippen LogP contribution >= 0.6 is 0 Å². The first-order valence-corrected chi connectivity index (χ1v) is 21.8. The first-order chi connectivity index (χ1) is 19.6. The Hall–Kier alpha value is 1.08. The number of hydrogen-bond donors (Lipinski definition) is 0. The minimum atomic E-state index is -2.72. The Balaban J connectivity index is 0. The Morgan fingerprint density at radius 3 is 0.571 bits per heavy atom. The molecule has 0 rings (SSSR count). The molecule has 0 aromatic heterocycles. The van der Waals surface area contributed by atoms with E-state index in [4.69, 9.17) is 53.1 Å². The molecule has 256 valence electrons. The highest BCUT2D eigenvalue weighted by atomic mass is 127. The Morgan fingerprint density at radius 1 is 0.310 bits per heavy atom. The van der Waals surface area contributed by atoms with Crippen molar-refractivity contribution in [1.82, 2.24) is 0 Å². The standard InChI is InChI=1S/C24H60NO12Si4.HI/c1-26-38(27-2,28-3)21-13-17-25(18-14-22-39(29-4,30-5)31-6,19-15-23-40(32-7,33-8)34-9)20-16-24-41(35-10,36-11)37-12;/h13-24H2,1-12H3;1H/q+1;/p-1. The van der Waals surface area contributed by atoms with Crippen LogP contribution in [0.2, 0.25) is 24.2 Å². The first kappa shape index (κ1) is 45.2. The lowest BCUT2D eigenvalue weighted by Gasteiger charge is -2.41. The van der Waals surface area contributed by atoms with E-state index in [1.807, 2.05) is 0 Å². The number of nitrogens with zero attached hydrogens (tertiary/aromatic N) is 1. The first-order valence-electron chi connectivity index (χ1n) is 14.0. The maximum Gasteiger partial charge on any atom is 0.500 e. The van der Waals surface area contributed by atoms with Gasteiger partial charge in [-0.3, -0.25) is 0 Å². The molecule has 0 aromatic rings. The van der Waals surface area contributed by atoms with Gasteiger partial charge in [0.2, 0.25) is 0 Å². The maximum atomic E-state index is 5.71. The van der Waals surface area contributed by atoms with Gasteiger partial charge in [-0.2, -0.15) is 0 Å². The van der Waals surface area contributed by atoms with Crippen LogP contribution < -0.4 is 24.0 Å². The summed E-state index contributed by atoms with van der Waals surface area (Å²) < 4.78 is 69.4. The van der Waals surface area contributed by atoms with E-state index in [1.165, 1.54) is 0 Å². The van der Waals surface area contributed by atoms with Crippen LogP contribution in [0.1, 0.15) is 25.7 Å². The second kappa shape index (κ2) is 23.4. The van der Waals surface area contributed by atoms with Crippen molar-refractivity contribution < 1.29 is 81.6 Å². The zero-order valence-electron chi connectivity index (χ0n) is 28.2. The molecule has 0 fully saturated rings. The average Bonchev–Trinajstić information content (AvgIpc) is 3.03. The Morgan fingerprint density at radius 2 is 0.452 bits per heavy atom. The normalized spacial score (nSPS) is 13.4. The minimum Gasteiger partial charge on any atom is -1.00 e. The Labute approximate surface area is 277 Å². The van der Waals surface area contributed by atoms with Crippen molar-refractivity contribution >= 4 is 35.2 Å². The molecule has 18 heteroatoms. The SMILES string of the molecule is CO[Si](CCC[N+](CCC[Si](OC)(OC)OC)(CCC[Si](OC)(OC)OC)CCC[Si](OC)(OC)OC)(OC)OC.[I-]. The highest BCUT2D eigenvalue weighted by Gasteiger charge is 2.43. The lowest BCUT2D eigenvalue weighted by Crippen LogP contribution is -3.00. The Bertz CT molecular complexity index is 518. The third-order valence-corrected chi connectivity index (χ3v) is 19.5. The largest absolute Gasteiger partial charge is 1.00 e. The number of quaternary nitrogens is 1. The number of rotatable bonds is 28. The van der Waals surface area contributed by atoms with Crippen LogP contribution in [-0.4, -0.2) is 151 Å². The molecule has 0 unspecified atom stereocenters. The van der Waals surface area contributed by atoms with E-state index >= 15 is 0 Å². The second-order valence-corrected chi connectivity index (χ2v) is 22.2. The third-order valence-electron chi connectivity index (χ3n) is 8.19. The van der Waals surface area contributed by atoms with Crippen molar-refractivity contribution in [3.63, 3.8) is 0 Å². The van der Waals surface area contributed by atoms with Crippen molar-refractivity contribution in [2.24, 2.45) is 0 Å². The van der Waals surface area contributed by atoms with Crippen LogP contribution in [0.15, 0.2) is 0 Å². The van der Waals surface area contributed by atoms with Crippen LogP contribution in [0, 0.1) is 0 Å². The summed E-state index contributed by atoms with van der Waals surface area (Å²) in [6.45, 7) is 3.59. The van der Waals surface area contributed by atoms with Gasteiger partial charge in [-0.1, -0.05) is 0 Å². The predicted molar refractivity (Wildman–Crippen MR) is 165 cm³/mol. The molecule has 0 aliphatic carbocycles. The van der Waals surface area contributed by atoms with Crippen molar-refractivity contribution in [3.8, 4) is 0 Å². The topological polar surface area (TPSA) is 111 Å². The van der Waals surface area contributed by atoms with Gasteiger partial charge in [0.05, 0.1) is 26.2 Å². The maximum absolute atomic E-state index is 5.71. The van der Waals surface area contributed by atoms with E-state index in [9.17, 15) is 0 Å². The van der Waals surface area contributed by atoms with Gasteiger partial charge in [-0.05, 0) is 0 Å². The summed E-state index contributed by atoms with van der Waals surface area (Å²) in [4.78, 5) is 0. The lowest BCUT2D eigenvalue weighted by atomic mass is 10.2. The summed E-state index contributed by atoms with van der Waals surface area (Å²) >= 11 is 0. The summed E-state index contributed by atoms with van der Waals surface area (Å²) in [6.07, 6.45) is 3.47. The van der Waals surface area contributed by atoms with Crippen molar-refractivity contribution in [3.05, 3.63) is 0 Å². The fourth-order valence-corrected chi connectivity index (χ4v) is 12.2. The molecule has 0 saturated carbocycles. The Kier molecular flexibility index (Phi) is 25.2. The molecule has 0 aliphatic heterocycles. The molecule has 0 N–H and O–H groups in total. The molecule has 0 amide bonds. The molecule has 0 atom stereocenters. The molecule has 0 spiro atoms. The molecule has 0 aliphatic rings. The summed E-state index contributed by atoms with van der Waals surface area (Å²) in [5.74, 6) is 0. The molecule has 0 bridgehead atoms. The van der Waals surface area contributed by atoms with E-state index in [0.717, 1.165) is 56.3 Å². The zero-order valence-corrected chi connectivity index (χ0v) is 34.4. The van der Waals surface area contributed by atoms with Crippen molar-refractivity contribution in [2.45, 2.75) is 49.9 Å². The molecule has 13 nitrogen and oxygen atoms in total. The fraction of sp³-hybridized carbons (Fsp3) is 1.00. The van der Waals surface area contributed by atoms with Crippen molar-refractivity contribution in [1.29, 1.82) is 0 Å². The molecule has 0 radical (unpaired) electrons. The molecular weight excluding hydrogens is 734 g/mol. The summed E-state index contributed by atoms with van der Waals surface area (Å²) in [7, 11) is 8.95. The van der Waals surface area contributed by atoms with E-state index in [1.54, 1.807) is 85.3 Å². The molecule has 42 heavy (non-hydrogen) atoms. The summed E-state index contributed by atoms with van der Waals surface area (Å²) in [6, 6.07) is 2.85. The van der Waals surface area contributed by atoms with Gasteiger partial charge in [-0.15, -0.1) is 0 Å². The van der Waals surface area contributed by atoms with Crippen LogP contribution in [-0.2, 0) is 53.1 Å². The van der Waals surface area contributed by atoms with Gasteiger partial charge >= 0.3 is 35.2 Å². The molecule has 0 heterocycles. The van der Waals surface area contributed by atoms with Crippen LogP contribution in [0.5, 0.6) is 0 Å². The monoisotopic (exact) mass is 793 g/mol. The summed E-state index contributed by atoms with van der Waals surface area (Å²) in [5.41, 5.74) is 0. The number of halogens is 1. The van der Waals surface area contributed by atoms with E-state index in [2.05, 4.69) is 0 Å². The van der Waals surface area contributed by atoms with E-state index in [0.29, 0.717) is 24.2 Å². The van der Waals surface area contributed by atoms with Gasteiger partial charge in [0.25, 0.3) is 0 Å². The van der Waals surface area contributed by atoms with Crippen LogP contribution in [0.25, 0.3) is 0 Å². The summed E-state index contributed by atoms with van der Waals surface area (Å²) in [5, 5.41) is 0. The highest BCUT2D eigenvalue weighted by Crippen LogP contribution is 2.26. The van der Waals surface area contributed by atoms with Gasteiger partial charge in [0, 0.05) is 135 Å². The van der Waals surface area contributed by atoms with Gasteiger partial charge < -0.3 is 81.6 Å². The van der Waals surface area contributed by atoms with Gasteiger partial charge in [0.1, 0.15) is 0 Å². The van der Waals surface area contributed by atoms with Gasteiger partial charge in [0.15, 0.2) is 0 Å². The fourth-order valence-electron chi connectivity index (χ4n) is 5.42. The number of hydrogen-bond acceptors (Lipinski definition) is 12. The second-order valence-electron chi connectivity index (χ2n) is 9.83. The predicted octanol–water partition coefficient (Wildman–Crippen LogP) is -0.120. The smallest absolute Gasteiger partial charge is 0.500 e. The van der Waals surface area contributed by atoms with E-state index in [-0.39, 0.29) is 24.0 Å². The molecular formula is C24H60INO12Si4.